The van der Waals surface area contributed by atoms with Gasteiger partial charge in [-0.05, 0) is 30.2 Å². The quantitative estimate of drug-likeness (QED) is 0.410. The van der Waals surface area contributed by atoms with Crippen molar-refractivity contribution >= 4 is 38.4 Å². The lowest BCUT2D eigenvalue weighted by atomic mass is 10.1. The van der Waals surface area contributed by atoms with E-state index in [0.29, 0.717) is 12.2 Å². The number of thiophene rings is 1. The van der Waals surface area contributed by atoms with Gasteiger partial charge in [0, 0.05) is 27.6 Å². The highest BCUT2D eigenvalue weighted by Gasteiger charge is 2.14. The predicted molar refractivity (Wildman–Crippen MR) is 113 cm³/mol. The van der Waals surface area contributed by atoms with Crippen LogP contribution in [0.5, 0.6) is 5.75 Å². The van der Waals surface area contributed by atoms with Gasteiger partial charge in [0.1, 0.15) is 23.4 Å². The lowest BCUT2D eigenvalue weighted by molar-refractivity contribution is 0.475. The molecule has 7 heteroatoms. The third kappa shape index (κ3) is 3.05. The van der Waals surface area contributed by atoms with Crippen LogP contribution >= 0.6 is 11.3 Å². The summed E-state index contributed by atoms with van der Waals surface area (Å²) in [6, 6.07) is 15.5. The number of fused-ring (bicyclic) bond motifs is 2. The number of rotatable bonds is 5. The molecule has 0 unspecified atom stereocenters. The molecule has 138 valence electrons. The molecule has 0 aliphatic rings. The van der Waals surface area contributed by atoms with Crippen LogP contribution in [0.15, 0.2) is 60.2 Å². The number of imidazole rings is 1. The molecule has 6 nitrogen and oxygen atoms in total. The zero-order chi connectivity index (χ0) is 18.9. The molecule has 2 aromatic carbocycles. The fourth-order valence-electron chi connectivity index (χ4n) is 3.24. The van der Waals surface area contributed by atoms with E-state index in [0.717, 1.165) is 34.7 Å². The van der Waals surface area contributed by atoms with Crippen LogP contribution in [0.2, 0.25) is 0 Å². The Morgan fingerprint density at radius 1 is 1.04 bits per heavy atom. The molecule has 0 bridgehead atoms. The average molecular weight is 387 g/mol. The van der Waals surface area contributed by atoms with Crippen molar-refractivity contribution in [3.05, 3.63) is 65.8 Å². The number of anilines is 1. The predicted octanol–water partition coefficient (Wildman–Crippen LogP) is 4.59. The Balaban J connectivity index is 1.42. The largest absolute Gasteiger partial charge is 0.508 e. The summed E-state index contributed by atoms with van der Waals surface area (Å²) in [4.78, 5) is 16.8. The number of aromatic amines is 1. The molecule has 0 fully saturated rings. The Bertz CT molecular complexity index is 1260. The second-order valence-electron chi connectivity index (χ2n) is 6.50. The van der Waals surface area contributed by atoms with Gasteiger partial charge in [-0.3, -0.25) is 0 Å². The molecule has 0 radical (unpaired) electrons. The van der Waals surface area contributed by atoms with Gasteiger partial charge in [-0.15, -0.1) is 11.3 Å². The molecule has 0 aliphatic carbocycles. The maximum Gasteiger partial charge on any atom is 0.183 e. The summed E-state index contributed by atoms with van der Waals surface area (Å²) >= 11 is 1.71. The zero-order valence-corrected chi connectivity index (χ0v) is 15.7. The number of hydrogen-bond acceptors (Lipinski definition) is 6. The van der Waals surface area contributed by atoms with Gasteiger partial charge in [0.15, 0.2) is 11.5 Å². The number of phenols is 1. The van der Waals surface area contributed by atoms with Gasteiger partial charge in [-0.1, -0.05) is 30.3 Å². The number of aromatic hydroxyl groups is 1. The topological polar surface area (TPSA) is 86.7 Å². The standard InChI is InChI=1S/C21H17N5OS/c27-14-7-5-13(6-8-14)9-10-22-20-18-21(24-12-23-20)26-19(25-18)16-11-28-17-4-2-1-3-15(16)17/h1-8,11-12,27H,9-10H2,(H2,22,23,24,25,26). The van der Waals surface area contributed by atoms with Gasteiger partial charge in [-0.2, -0.15) is 0 Å². The first-order valence-electron chi connectivity index (χ1n) is 8.97. The molecular formula is C21H17N5OS. The van der Waals surface area contributed by atoms with E-state index in [1.165, 1.54) is 16.4 Å². The van der Waals surface area contributed by atoms with Gasteiger partial charge in [0.2, 0.25) is 0 Å². The van der Waals surface area contributed by atoms with Crippen LogP contribution in [-0.2, 0) is 6.42 Å². The highest BCUT2D eigenvalue weighted by molar-refractivity contribution is 7.17. The first-order chi connectivity index (χ1) is 13.8. The normalized spacial score (nSPS) is 11.3. The second kappa shape index (κ2) is 6.94. The molecule has 0 amide bonds. The van der Waals surface area contributed by atoms with E-state index in [-0.39, 0.29) is 5.75 Å². The summed E-state index contributed by atoms with van der Waals surface area (Å²) in [5, 5.41) is 16.0. The van der Waals surface area contributed by atoms with Gasteiger partial charge in [-0.25, -0.2) is 15.0 Å². The minimum Gasteiger partial charge on any atom is -0.508 e. The van der Waals surface area contributed by atoms with E-state index in [1.807, 2.05) is 24.3 Å². The van der Waals surface area contributed by atoms with Crippen molar-refractivity contribution in [2.75, 3.05) is 11.9 Å². The molecule has 0 saturated heterocycles. The van der Waals surface area contributed by atoms with E-state index in [2.05, 4.69) is 42.8 Å². The van der Waals surface area contributed by atoms with Gasteiger partial charge in [0.25, 0.3) is 0 Å². The summed E-state index contributed by atoms with van der Waals surface area (Å²) in [5.41, 5.74) is 3.67. The van der Waals surface area contributed by atoms with Crippen LogP contribution < -0.4 is 5.32 Å². The number of nitrogens with one attached hydrogen (secondary N) is 2. The Hall–Kier alpha value is -3.45. The smallest absolute Gasteiger partial charge is 0.183 e. The average Bonchev–Trinajstić information content (AvgIpc) is 3.33. The molecule has 0 atom stereocenters. The zero-order valence-electron chi connectivity index (χ0n) is 14.9. The number of hydrogen-bond donors (Lipinski definition) is 3. The Morgan fingerprint density at radius 3 is 2.79 bits per heavy atom. The summed E-state index contributed by atoms with van der Waals surface area (Å²) in [6.07, 6.45) is 2.35. The molecule has 3 heterocycles. The molecule has 5 rings (SSSR count). The maximum atomic E-state index is 9.38. The lowest BCUT2D eigenvalue weighted by Crippen LogP contribution is -2.07. The van der Waals surface area contributed by atoms with Gasteiger partial charge < -0.3 is 15.4 Å². The van der Waals surface area contributed by atoms with Crippen LogP contribution in [0, 0.1) is 0 Å². The van der Waals surface area contributed by atoms with E-state index < -0.39 is 0 Å². The van der Waals surface area contributed by atoms with E-state index in [1.54, 1.807) is 23.5 Å². The van der Waals surface area contributed by atoms with Crippen molar-refractivity contribution in [1.29, 1.82) is 0 Å². The van der Waals surface area contributed by atoms with Crippen molar-refractivity contribution < 1.29 is 5.11 Å². The van der Waals surface area contributed by atoms with Crippen molar-refractivity contribution in [3.63, 3.8) is 0 Å². The van der Waals surface area contributed by atoms with Crippen LogP contribution in [0.25, 0.3) is 32.6 Å². The fraction of sp³-hybridized carbons (Fsp3) is 0.0952. The maximum absolute atomic E-state index is 9.38. The first kappa shape index (κ1) is 16.7. The minimum absolute atomic E-state index is 0.278. The summed E-state index contributed by atoms with van der Waals surface area (Å²) in [5.74, 6) is 1.82. The van der Waals surface area contributed by atoms with Crippen LogP contribution in [0.3, 0.4) is 0 Å². The van der Waals surface area contributed by atoms with E-state index >= 15 is 0 Å². The van der Waals surface area contributed by atoms with Crippen molar-refractivity contribution in [3.8, 4) is 17.1 Å². The first-order valence-corrected chi connectivity index (χ1v) is 9.85. The van der Waals surface area contributed by atoms with Crippen LogP contribution in [0.4, 0.5) is 5.82 Å². The monoisotopic (exact) mass is 387 g/mol. The molecule has 3 N–H and O–H groups in total. The molecule has 0 spiro atoms. The summed E-state index contributed by atoms with van der Waals surface area (Å²) in [7, 11) is 0. The summed E-state index contributed by atoms with van der Waals surface area (Å²) in [6.45, 7) is 0.715. The Kier molecular flexibility index (Phi) is 4.14. The van der Waals surface area contributed by atoms with Crippen molar-refractivity contribution in [2.45, 2.75) is 6.42 Å². The Morgan fingerprint density at radius 2 is 1.89 bits per heavy atom. The Labute approximate surface area is 164 Å². The fourth-order valence-corrected chi connectivity index (χ4v) is 4.18. The number of benzene rings is 2. The SMILES string of the molecule is Oc1ccc(CCNc2ncnc3nc(-c4csc5ccccc45)[nH]c23)cc1. The summed E-state index contributed by atoms with van der Waals surface area (Å²) < 4.78 is 1.23. The van der Waals surface area contributed by atoms with Crippen molar-refractivity contribution in [2.24, 2.45) is 0 Å². The third-order valence-electron chi connectivity index (χ3n) is 4.67. The van der Waals surface area contributed by atoms with Crippen molar-refractivity contribution in [1.82, 2.24) is 19.9 Å². The van der Waals surface area contributed by atoms with Gasteiger partial charge in [0.05, 0.1) is 0 Å². The number of aromatic nitrogens is 4. The number of H-pyrrole nitrogens is 1. The highest BCUT2D eigenvalue weighted by Crippen LogP contribution is 2.33. The molecule has 0 saturated carbocycles. The molecular weight excluding hydrogens is 370 g/mol. The van der Waals surface area contributed by atoms with Gasteiger partial charge >= 0.3 is 0 Å². The second-order valence-corrected chi connectivity index (χ2v) is 7.41. The lowest BCUT2D eigenvalue weighted by Gasteiger charge is -2.06. The highest BCUT2D eigenvalue weighted by atomic mass is 32.1. The third-order valence-corrected chi connectivity index (χ3v) is 5.63. The number of phenolic OH excluding ortho intramolecular Hbond substituents is 1. The molecule has 3 aromatic heterocycles. The minimum atomic E-state index is 0.278. The van der Waals surface area contributed by atoms with Crippen LogP contribution in [0.1, 0.15) is 5.56 Å². The van der Waals surface area contributed by atoms with E-state index in [9.17, 15) is 5.11 Å². The number of nitrogens with zero attached hydrogens (tertiary/aromatic N) is 3. The molecule has 28 heavy (non-hydrogen) atoms. The van der Waals surface area contributed by atoms with Crippen LogP contribution in [-0.4, -0.2) is 31.6 Å². The van der Waals surface area contributed by atoms with E-state index in [4.69, 9.17) is 0 Å². The molecule has 5 aromatic rings. The molecule has 0 aliphatic heterocycles.